The molecular formula is C18H30N4O2. The fourth-order valence-electron chi connectivity index (χ4n) is 3.90. The first-order valence-electron chi connectivity index (χ1n) is 9.51. The molecule has 1 aromatic heterocycles. The molecule has 0 bridgehead atoms. The Morgan fingerprint density at radius 2 is 2.00 bits per heavy atom. The van der Waals surface area contributed by atoms with Crippen molar-refractivity contribution in [3.05, 3.63) is 11.7 Å². The lowest BCUT2D eigenvalue weighted by atomic mass is 10.0. The van der Waals surface area contributed by atoms with E-state index in [-0.39, 0.29) is 6.04 Å². The van der Waals surface area contributed by atoms with Gasteiger partial charge in [0.15, 0.2) is 5.82 Å². The average Bonchev–Trinajstić information content (AvgIpc) is 3.21. The number of nitrogens with zero attached hydrogens (tertiary/aromatic N) is 4. The number of aromatic nitrogens is 2. The lowest BCUT2D eigenvalue weighted by Gasteiger charge is -2.25. The van der Waals surface area contributed by atoms with Gasteiger partial charge in [-0.1, -0.05) is 24.9 Å². The van der Waals surface area contributed by atoms with Gasteiger partial charge in [-0.2, -0.15) is 4.98 Å². The molecule has 1 aliphatic heterocycles. The van der Waals surface area contributed by atoms with Gasteiger partial charge in [-0.05, 0) is 32.1 Å². The van der Waals surface area contributed by atoms with E-state index in [0.717, 1.165) is 51.3 Å². The van der Waals surface area contributed by atoms with Crippen LogP contribution in [0.2, 0.25) is 0 Å². The highest BCUT2D eigenvalue weighted by atomic mass is 16.5. The Morgan fingerprint density at radius 3 is 2.71 bits per heavy atom. The SMILES string of the molecule is CCc1noc([C@@H](C)N2CCCN(C(=O)CC3CCCC3)CC2)n1. The maximum Gasteiger partial charge on any atom is 0.243 e. The number of hydrogen-bond acceptors (Lipinski definition) is 5. The van der Waals surface area contributed by atoms with Gasteiger partial charge in [-0.25, -0.2) is 0 Å². The van der Waals surface area contributed by atoms with Gasteiger partial charge in [-0.3, -0.25) is 9.69 Å². The van der Waals surface area contributed by atoms with Gasteiger partial charge in [0.25, 0.3) is 0 Å². The molecule has 2 heterocycles. The third-order valence-electron chi connectivity index (χ3n) is 5.53. The lowest BCUT2D eigenvalue weighted by molar-refractivity contribution is -0.132. The zero-order valence-electron chi connectivity index (χ0n) is 15.0. The third kappa shape index (κ3) is 4.15. The molecule has 0 spiro atoms. The first kappa shape index (κ1) is 17.4. The van der Waals surface area contributed by atoms with Crippen molar-refractivity contribution in [1.29, 1.82) is 0 Å². The molecule has 0 unspecified atom stereocenters. The molecule has 2 fully saturated rings. The van der Waals surface area contributed by atoms with Crippen LogP contribution >= 0.6 is 0 Å². The van der Waals surface area contributed by atoms with Crippen LogP contribution in [0.4, 0.5) is 0 Å². The predicted molar refractivity (Wildman–Crippen MR) is 91.4 cm³/mol. The zero-order chi connectivity index (χ0) is 16.9. The molecule has 1 saturated carbocycles. The van der Waals surface area contributed by atoms with E-state index in [1.165, 1.54) is 25.7 Å². The van der Waals surface area contributed by atoms with E-state index in [4.69, 9.17) is 4.52 Å². The molecule has 1 atom stereocenters. The summed E-state index contributed by atoms with van der Waals surface area (Å²) >= 11 is 0. The fourth-order valence-corrected chi connectivity index (χ4v) is 3.90. The predicted octanol–water partition coefficient (Wildman–Crippen LogP) is 2.81. The van der Waals surface area contributed by atoms with Crippen LogP contribution in [-0.4, -0.2) is 52.0 Å². The van der Waals surface area contributed by atoms with Crippen molar-refractivity contribution < 1.29 is 9.32 Å². The van der Waals surface area contributed by atoms with E-state index < -0.39 is 0 Å². The summed E-state index contributed by atoms with van der Waals surface area (Å²) in [5.41, 5.74) is 0. The van der Waals surface area contributed by atoms with Crippen molar-refractivity contribution >= 4 is 5.91 Å². The maximum atomic E-state index is 12.6. The second-order valence-electron chi connectivity index (χ2n) is 7.20. The van der Waals surface area contributed by atoms with Gasteiger partial charge >= 0.3 is 0 Å². The Labute approximate surface area is 144 Å². The highest BCUT2D eigenvalue weighted by Crippen LogP contribution is 2.28. The minimum atomic E-state index is 0.114. The van der Waals surface area contributed by atoms with E-state index >= 15 is 0 Å². The Hall–Kier alpha value is -1.43. The van der Waals surface area contributed by atoms with E-state index in [1.807, 2.05) is 6.92 Å². The highest BCUT2D eigenvalue weighted by molar-refractivity contribution is 5.76. The van der Waals surface area contributed by atoms with Crippen molar-refractivity contribution in [3.8, 4) is 0 Å². The van der Waals surface area contributed by atoms with Crippen LogP contribution in [0.3, 0.4) is 0 Å². The largest absolute Gasteiger partial charge is 0.341 e. The molecule has 1 saturated heterocycles. The number of carbonyl (C=O) groups is 1. The molecule has 3 rings (SSSR count). The Bertz CT molecular complexity index is 539. The number of carbonyl (C=O) groups excluding carboxylic acids is 1. The molecule has 0 aromatic carbocycles. The van der Waals surface area contributed by atoms with Crippen molar-refractivity contribution in [2.75, 3.05) is 26.2 Å². The Morgan fingerprint density at radius 1 is 1.21 bits per heavy atom. The molecule has 0 radical (unpaired) electrons. The van der Waals surface area contributed by atoms with E-state index in [0.29, 0.717) is 17.7 Å². The molecule has 0 N–H and O–H groups in total. The molecule has 134 valence electrons. The molecular weight excluding hydrogens is 304 g/mol. The minimum Gasteiger partial charge on any atom is -0.341 e. The lowest BCUT2D eigenvalue weighted by Crippen LogP contribution is -2.36. The number of aryl methyl sites for hydroxylation is 1. The van der Waals surface area contributed by atoms with Crippen LogP contribution in [0.25, 0.3) is 0 Å². The summed E-state index contributed by atoms with van der Waals surface area (Å²) in [6.45, 7) is 7.67. The highest BCUT2D eigenvalue weighted by Gasteiger charge is 2.27. The summed E-state index contributed by atoms with van der Waals surface area (Å²) < 4.78 is 5.39. The van der Waals surface area contributed by atoms with Crippen LogP contribution in [0, 0.1) is 5.92 Å². The first-order chi connectivity index (χ1) is 11.7. The molecule has 1 aliphatic carbocycles. The first-order valence-corrected chi connectivity index (χ1v) is 9.51. The molecule has 6 nitrogen and oxygen atoms in total. The topological polar surface area (TPSA) is 62.5 Å². The summed E-state index contributed by atoms with van der Waals surface area (Å²) in [6, 6.07) is 0.114. The maximum absolute atomic E-state index is 12.6. The van der Waals surface area contributed by atoms with Gasteiger partial charge in [0, 0.05) is 39.0 Å². The summed E-state index contributed by atoms with van der Waals surface area (Å²) in [5, 5.41) is 4.00. The van der Waals surface area contributed by atoms with Gasteiger partial charge < -0.3 is 9.42 Å². The van der Waals surface area contributed by atoms with Crippen molar-refractivity contribution in [1.82, 2.24) is 19.9 Å². The standard InChI is InChI=1S/C18H30N4O2/c1-3-16-19-18(24-20-16)14(2)21-9-6-10-22(12-11-21)17(23)13-15-7-4-5-8-15/h14-15H,3-13H2,1-2H3/t14-/m1/s1. The monoisotopic (exact) mass is 334 g/mol. The second-order valence-corrected chi connectivity index (χ2v) is 7.20. The Balaban J connectivity index is 1.53. The van der Waals surface area contributed by atoms with E-state index in [2.05, 4.69) is 26.9 Å². The molecule has 24 heavy (non-hydrogen) atoms. The summed E-state index contributed by atoms with van der Waals surface area (Å²) in [4.78, 5) is 21.4. The molecule has 2 aliphatic rings. The third-order valence-corrected chi connectivity index (χ3v) is 5.53. The van der Waals surface area contributed by atoms with Crippen molar-refractivity contribution in [3.63, 3.8) is 0 Å². The van der Waals surface area contributed by atoms with Crippen LogP contribution in [-0.2, 0) is 11.2 Å². The number of amides is 1. The normalized spacial score (nSPS) is 21.8. The summed E-state index contributed by atoms with van der Waals surface area (Å²) in [5.74, 6) is 2.43. The van der Waals surface area contributed by atoms with Crippen LogP contribution < -0.4 is 0 Å². The summed E-state index contributed by atoms with van der Waals surface area (Å²) in [7, 11) is 0. The smallest absolute Gasteiger partial charge is 0.243 e. The van der Waals surface area contributed by atoms with Gasteiger partial charge in [0.2, 0.25) is 11.8 Å². The number of hydrogen-bond donors (Lipinski definition) is 0. The fraction of sp³-hybridized carbons (Fsp3) is 0.833. The Kier molecular flexibility index (Phi) is 5.87. The summed E-state index contributed by atoms with van der Waals surface area (Å²) in [6.07, 6.45) is 7.62. The van der Waals surface area contributed by atoms with Crippen LogP contribution in [0.1, 0.15) is 70.1 Å². The van der Waals surface area contributed by atoms with Crippen LogP contribution in [0.5, 0.6) is 0 Å². The molecule has 6 heteroatoms. The average molecular weight is 334 g/mol. The van der Waals surface area contributed by atoms with Gasteiger partial charge in [0.1, 0.15) is 0 Å². The van der Waals surface area contributed by atoms with E-state index in [1.54, 1.807) is 0 Å². The molecule has 1 aromatic rings. The second kappa shape index (κ2) is 8.10. The van der Waals surface area contributed by atoms with Gasteiger partial charge in [0.05, 0.1) is 6.04 Å². The number of rotatable bonds is 5. The van der Waals surface area contributed by atoms with E-state index in [9.17, 15) is 4.79 Å². The molecule has 1 amide bonds. The van der Waals surface area contributed by atoms with Crippen molar-refractivity contribution in [2.24, 2.45) is 5.92 Å². The quantitative estimate of drug-likeness (QED) is 0.828. The zero-order valence-corrected chi connectivity index (χ0v) is 15.0. The van der Waals surface area contributed by atoms with Crippen LogP contribution in [0.15, 0.2) is 4.52 Å². The van der Waals surface area contributed by atoms with Crippen molar-refractivity contribution in [2.45, 2.75) is 64.8 Å². The minimum absolute atomic E-state index is 0.114. The van der Waals surface area contributed by atoms with Gasteiger partial charge in [-0.15, -0.1) is 0 Å².